The lowest BCUT2D eigenvalue weighted by Gasteiger charge is -2.16. The van der Waals surface area contributed by atoms with Crippen molar-refractivity contribution in [1.82, 2.24) is 10.2 Å². The second-order valence-electron chi connectivity index (χ2n) is 8.60. The molecule has 2 N–H and O–H groups in total. The molecule has 0 spiro atoms. The molecule has 4 rings (SSSR count). The van der Waals surface area contributed by atoms with Gasteiger partial charge in [-0.2, -0.15) is 0 Å². The number of benzene rings is 2. The summed E-state index contributed by atoms with van der Waals surface area (Å²) in [6, 6.07) is 12.8. The summed E-state index contributed by atoms with van der Waals surface area (Å²) in [7, 11) is 4.86. The summed E-state index contributed by atoms with van der Waals surface area (Å²) in [5.41, 5.74) is 1.45. The molecule has 0 radical (unpaired) electrons. The number of rotatable bonds is 9. The lowest BCUT2D eigenvalue weighted by Crippen LogP contribution is -2.30. The fourth-order valence-corrected chi connectivity index (χ4v) is 3.65. The van der Waals surface area contributed by atoms with Gasteiger partial charge in [-0.15, -0.1) is 0 Å². The zero-order valence-electron chi connectivity index (χ0n) is 21.3. The van der Waals surface area contributed by atoms with Gasteiger partial charge in [0, 0.05) is 37.1 Å². The van der Waals surface area contributed by atoms with E-state index in [4.69, 9.17) is 9.15 Å². The summed E-state index contributed by atoms with van der Waals surface area (Å²) in [5.74, 6) is -1.88. The minimum Gasteiger partial charge on any atom is -0.483 e. The van der Waals surface area contributed by atoms with Crippen LogP contribution in [0.2, 0.25) is 0 Å². The highest BCUT2D eigenvalue weighted by Crippen LogP contribution is 2.28. The van der Waals surface area contributed by atoms with Crippen molar-refractivity contribution in [3.05, 3.63) is 83.2 Å². The maximum Gasteiger partial charge on any atom is 0.373 e. The first kappa shape index (κ1) is 26.9. The first-order valence-electron chi connectivity index (χ1n) is 11.7. The van der Waals surface area contributed by atoms with Crippen LogP contribution in [-0.4, -0.2) is 56.5 Å². The number of anilines is 2. The Kier molecular flexibility index (Phi) is 7.94. The molecule has 2 heterocycles. The van der Waals surface area contributed by atoms with E-state index in [1.165, 1.54) is 43.5 Å². The number of methoxy groups -OCH3 is 1. The van der Waals surface area contributed by atoms with Crippen LogP contribution in [0.5, 0.6) is 5.75 Å². The molecule has 1 fully saturated rings. The molecule has 0 bridgehead atoms. The van der Waals surface area contributed by atoms with Gasteiger partial charge >= 0.3 is 12.0 Å². The van der Waals surface area contributed by atoms with Crippen molar-refractivity contribution in [3.63, 3.8) is 0 Å². The summed E-state index contributed by atoms with van der Waals surface area (Å²) in [6.07, 6.45) is 1.43. The number of carbonyl (C=O) groups is 4. The van der Waals surface area contributed by atoms with E-state index in [-0.39, 0.29) is 35.2 Å². The number of ether oxygens (including phenoxy) is 2. The first-order chi connectivity index (χ1) is 18.6. The number of imide groups is 1. The van der Waals surface area contributed by atoms with Crippen molar-refractivity contribution >= 4 is 41.3 Å². The van der Waals surface area contributed by atoms with Crippen LogP contribution in [0.3, 0.4) is 0 Å². The lowest BCUT2D eigenvalue weighted by molar-refractivity contribution is -0.123. The Morgan fingerprint density at radius 2 is 1.92 bits per heavy atom. The van der Waals surface area contributed by atoms with Crippen molar-refractivity contribution in [2.24, 2.45) is 0 Å². The Balaban J connectivity index is 1.51. The normalized spacial score (nSPS) is 13.8. The highest BCUT2D eigenvalue weighted by Gasteiger charge is 2.34. The van der Waals surface area contributed by atoms with Gasteiger partial charge in [0.15, 0.2) is 6.61 Å². The molecule has 12 heteroatoms. The fraction of sp³-hybridized carbons (Fsp3) is 0.185. The number of hydrogen-bond acceptors (Lipinski definition) is 8. The first-order valence-corrected chi connectivity index (χ1v) is 11.7. The predicted octanol–water partition coefficient (Wildman–Crippen LogP) is 3.38. The quantitative estimate of drug-likeness (QED) is 0.242. The summed E-state index contributed by atoms with van der Waals surface area (Å²) < 4.78 is 29.1. The SMILES string of the molecule is COC(=O)c1ccc(CN2C(=O)N/C(=C\c3ccc(N(C)C)cc3OCC(=O)Nc3cccc(F)c3)C2=O)o1. The number of carbonyl (C=O) groups excluding carboxylic acids is 4. The number of esters is 1. The van der Waals surface area contributed by atoms with Crippen LogP contribution in [-0.2, 0) is 20.9 Å². The second kappa shape index (κ2) is 11.5. The topological polar surface area (TPSA) is 130 Å². The standard InChI is InChI=1S/C27H25FN4O7/c1-31(2)19-8-7-16(23(13-19)38-15-24(33)29-18-6-4-5-17(28)12-18)11-21-25(34)32(27(36)30-21)14-20-9-10-22(39-20)26(35)37-3/h4-13H,14-15H2,1-3H3,(H,29,33)(H,30,36)/b21-11-. The minimum atomic E-state index is -0.683. The third-order valence-corrected chi connectivity index (χ3v) is 5.61. The Bertz CT molecular complexity index is 1460. The van der Waals surface area contributed by atoms with E-state index < -0.39 is 36.2 Å². The van der Waals surface area contributed by atoms with Crippen LogP contribution in [0.1, 0.15) is 21.9 Å². The molecule has 0 unspecified atom stereocenters. The summed E-state index contributed by atoms with van der Waals surface area (Å²) in [5, 5.41) is 5.07. The van der Waals surface area contributed by atoms with Crippen LogP contribution < -0.4 is 20.3 Å². The number of urea groups is 1. The van der Waals surface area contributed by atoms with Crippen molar-refractivity contribution in [3.8, 4) is 5.75 Å². The highest BCUT2D eigenvalue weighted by atomic mass is 19.1. The van der Waals surface area contributed by atoms with E-state index in [1.807, 2.05) is 19.0 Å². The Morgan fingerprint density at radius 1 is 1.13 bits per heavy atom. The van der Waals surface area contributed by atoms with Gasteiger partial charge in [0.25, 0.3) is 11.8 Å². The van der Waals surface area contributed by atoms with E-state index in [9.17, 15) is 23.6 Å². The largest absolute Gasteiger partial charge is 0.483 e. The maximum absolute atomic E-state index is 13.4. The molecule has 0 saturated carbocycles. The number of hydrogen-bond donors (Lipinski definition) is 2. The van der Waals surface area contributed by atoms with E-state index in [1.54, 1.807) is 24.3 Å². The summed E-state index contributed by atoms with van der Waals surface area (Å²) in [4.78, 5) is 52.3. The van der Waals surface area contributed by atoms with Gasteiger partial charge in [-0.3, -0.25) is 14.5 Å². The molecular weight excluding hydrogens is 511 g/mol. The molecule has 0 aliphatic carbocycles. The van der Waals surface area contributed by atoms with Crippen molar-refractivity contribution in [1.29, 1.82) is 0 Å². The fourth-order valence-electron chi connectivity index (χ4n) is 3.65. The zero-order chi connectivity index (χ0) is 28.1. The molecule has 39 heavy (non-hydrogen) atoms. The van der Waals surface area contributed by atoms with Crippen molar-refractivity contribution in [2.45, 2.75) is 6.54 Å². The van der Waals surface area contributed by atoms with E-state index in [0.29, 0.717) is 5.56 Å². The molecule has 2 aromatic carbocycles. The van der Waals surface area contributed by atoms with Gasteiger partial charge in [0.05, 0.1) is 13.7 Å². The maximum atomic E-state index is 13.4. The summed E-state index contributed by atoms with van der Waals surface area (Å²) in [6.45, 7) is -0.598. The van der Waals surface area contributed by atoms with Crippen LogP contribution in [0.15, 0.2) is 64.7 Å². The third-order valence-electron chi connectivity index (χ3n) is 5.61. The molecule has 1 aliphatic rings. The average molecular weight is 537 g/mol. The van der Waals surface area contributed by atoms with Gasteiger partial charge in [0.2, 0.25) is 5.76 Å². The molecule has 4 amide bonds. The molecule has 1 saturated heterocycles. The van der Waals surface area contributed by atoms with Gasteiger partial charge in [0.1, 0.15) is 23.0 Å². The Hall–Kier alpha value is -5.13. The Labute approximate surface area is 222 Å². The molecule has 3 aromatic rings. The number of nitrogens with one attached hydrogen (secondary N) is 2. The van der Waals surface area contributed by atoms with E-state index >= 15 is 0 Å². The number of furan rings is 1. The molecule has 11 nitrogen and oxygen atoms in total. The Morgan fingerprint density at radius 3 is 2.64 bits per heavy atom. The molecule has 1 aliphatic heterocycles. The lowest BCUT2D eigenvalue weighted by atomic mass is 10.1. The zero-order valence-corrected chi connectivity index (χ0v) is 21.3. The molecule has 0 atom stereocenters. The van der Waals surface area contributed by atoms with E-state index in [2.05, 4.69) is 15.4 Å². The average Bonchev–Trinajstić information content (AvgIpc) is 3.48. The van der Waals surface area contributed by atoms with Gasteiger partial charge in [-0.1, -0.05) is 6.07 Å². The van der Waals surface area contributed by atoms with Gasteiger partial charge in [-0.25, -0.2) is 14.0 Å². The molecule has 202 valence electrons. The van der Waals surface area contributed by atoms with Crippen LogP contribution in [0.25, 0.3) is 6.08 Å². The number of halogens is 1. The second-order valence-corrected chi connectivity index (χ2v) is 8.60. The van der Waals surface area contributed by atoms with Crippen molar-refractivity contribution < 1.29 is 37.5 Å². The van der Waals surface area contributed by atoms with Gasteiger partial charge in [-0.05, 0) is 48.5 Å². The van der Waals surface area contributed by atoms with Crippen molar-refractivity contribution in [2.75, 3.05) is 38.0 Å². The third kappa shape index (κ3) is 6.42. The van der Waals surface area contributed by atoms with Crippen LogP contribution >= 0.6 is 0 Å². The number of nitrogens with zero attached hydrogens (tertiary/aromatic N) is 2. The monoisotopic (exact) mass is 536 g/mol. The van der Waals surface area contributed by atoms with Crippen LogP contribution in [0.4, 0.5) is 20.6 Å². The molecular formula is C27H25FN4O7. The minimum absolute atomic E-state index is 0.0218. The number of amides is 4. The predicted molar refractivity (Wildman–Crippen MR) is 138 cm³/mol. The highest BCUT2D eigenvalue weighted by molar-refractivity contribution is 6.14. The van der Waals surface area contributed by atoms with Gasteiger partial charge < -0.3 is 29.4 Å². The van der Waals surface area contributed by atoms with Crippen LogP contribution in [0, 0.1) is 5.82 Å². The van der Waals surface area contributed by atoms with E-state index in [0.717, 1.165) is 10.6 Å². The summed E-state index contributed by atoms with van der Waals surface area (Å²) >= 11 is 0. The molecule has 1 aromatic heterocycles. The smallest absolute Gasteiger partial charge is 0.373 e.